The zero-order chi connectivity index (χ0) is 13.8. The van der Waals surface area contributed by atoms with Crippen LogP contribution in [0, 0.1) is 12.3 Å². The number of nitrogens with zero attached hydrogens (tertiary/aromatic N) is 1. The minimum absolute atomic E-state index is 0.0405. The summed E-state index contributed by atoms with van der Waals surface area (Å²) in [6.07, 6.45) is 0.960. The third-order valence-corrected chi connectivity index (χ3v) is 2.63. The van der Waals surface area contributed by atoms with E-state index < -0.39 is 0 Å². The fourth-order valence-electron chi connectivity index (χ4n) is 1.58. The Hall–Kier alpha value is -1.58. The SMILES string of the molecule is CNc1cc(C(=O)NCCC(C)(C)C)cc(C)n1. The van der Waals surface area contributed by atoms with E-state index in [4.69, 9.17) is 0 Å². The molecule has 1 aromatic heterocycles. The maximum atomic E-state index is 12.0. The van der Waals surface area contributed by atoms with Gasteiger partial charge in [-0.1, -0.05) is 20.8 Å². The van der Waals surface area contributed by atoms with Crippen LogP contribution in [0.1, 0.15) is 43.2 Å². The maximum Gasteiger partial charge on any atom is 0.251 e. The van der Waals surface area contributed by atoms with Crippen LogP contribution in [0.5, 0.6) is 0 Å². The van der Waals surface area contributed by atoms with E-state index >= 15 is 0 Å². The van der Waals surface area contributed by atoms with Crippen LogP contribution >= 0.6 is 0 Å². The molecule has 0 spiro atoms. The van der Waals surface area contributed by atoms with Gasteiger partial charge in [-0.3, -0.25) is 4.79 Å². The van der Waals surface area contributed by atoms with Gasteiger partial charge in [0.25, 0.3) is 5.91 Å². The van der Waals surface area contributed by atoms with E-state index in [1.54, 1.807) is 19.2 Å². The summed E-state index contributed by atoms with van der Waals surface area (Å²) in [7, 11) is 1.79. The molecule has 0 aliphatic heterocycles. The van der Waals surface area contributed by atoms with Crippen molar-refractivity contribution in [2.75, 3.05) is 18.9 Å². The van der Waals surface area contributed by atoms with Gasteiger partial charge in [0.2, 0.25) is 0 Å². The predicted molar refractivity (Wildman–Crippen MR) is 74.9 cm³/mol. The fraction of sp³-hybridized carbons (Fsp3) is 0.571. The number of carbonyl (C=O) groups is 1. The number of hydrogen-bond donors (Lipinski definition) is 2. The van der Waals surface area contributed by atoms with E-state index in [1.165, 1.54) is 0 Å². The summed E-state index contributed by atoms with van der Waals surface area (Å²) < 4.78 is 0. The lowest BCUT2D eigenvalue weighted by molar-refractivity contribution is 0.0949. The number of carbonyl (C=O) groups excluding carboxylic acids is 1. The molecule has 0 bridgehead atoms. The van der Waals surface area contributed by atoms with E-state index in [2.05, 4.69) is 36.4 Å². The van der Waals surface area contributed by atoms with Gasteiger partial charge in [0.15, 0.2) is 0 Å². The number of aryl methyl sites for hydroxylation is 1. The molecule has 0 saturated carbocycles. The molecule has 4 nitrogen and oxygen atoms in total. The third-order valence-electron chi connectivity index (χ3n) is 2.63. The summed E-state index contributed by atoms with van der Waals surface area (Å²) in [5.41, 5.74) is 1.72. The standard InChI is InChI=1S/C14H23N3O/c1-10-8-11(9-12(15-5)17-10)13(18)16-7-6-14(2,3)4/h8-9H,6-7H2,1-5H3,(H,15,17)(H,16,18). The highest BCUT2D eigenvalue weighted by Crippen LogP contribution is 2.17. The number of hydrogen-bond acceptors (Lipinski definition) is 3. The van der Waals surface area contributed by atoms with Gasteiger partial charge in [-0.25, -0.2) is 4.98 Å². The van der Waals surface area contributed by atoms with Crippen molar-refractivity contribution in [2.45, 2.75) is 34.1 Å². The molecule has 4 heteroatoms. The lowest BCUT2D eigenvalue weighted by Gasteiger charge is -2.18. The second kappa shape index (κ2) is 5.85. The Morgan fingerprint density at radius 1 is 1.33 bits per heavy atom. The molecule has 1 amide bonds. The van der Waals surface area contributed by atoms with Crippen LogP contribution in [0.25, 0.3) is 0 Å². The van der Waals surface area contributed by atoms with Gasteiger partial charge >= 0.3 is 0 Å². The average molecular weight is 249 g/mol. The van der Waals surface area contributed by atoms with E-state index in [-0.39, 0.29) is 11.3 Å². The van der Waals surface area contributed by atoms with Crippen molar-refractivity contribution >= 4 is 11.7 Å². The number of pyridine rings is 1. The van der Waals surface area contributed by atoms with E-state index in [0.717, 1.165) is 17.9 Å². The summed E-state index contributed by atoms with van der Waals surface area (Å²) in [6.45, 7) is 9.06. The van der Waals surface area contributed by atoms with Gasteiger partial charge in [-0.2, -0.15) is 0 Å². The molecule has 1 rings (SSSR count). The second-order valence-corrected chi connectivity index (χ2v) is 5.70. The number of nitrogens with one attached hydrogen (secondary N) is 2. The Kier molecular flexibility index (Phi) is 4.70. The number of anilines is 1. The first kappa shape index (κ1) is 14.5. The van der Waals surface area contributed by atoms with Crippen molar-refractivity contribution < 1.29 is 4.79 Å². The van der Waals surface area contributed by atoms with Crippen LogP contribution in [0.15, 0.2) is 12.1 Å². The molecule has 0 aliphatic rings. The molecule has 18 heavy (non-hydrogen) atoms. The van der Waals surface area contributed by atoms with E-state index in [9.17, 15) is 4.79 Å². The topological polar surface area (TPSA) is 54.0 Å². The van der Waals surface area contributed by atoms with Crippen LogP contribution in [0.2, 0.25) is 0 Å². The normalized spacial score (nSPS) is 11.2. The summed E-state index contributed by atoms with van der Waals surface area (Å²) in [5.74, 6) is 0.678. The highest BCUT2D eigenvalue weighted by Gasteiger charge is 2.12. The summed E-state index contributed by atoms with van der Waals surface area (Å²) >= 11 is 0. The first-order chi connectivity index (χ1) is 8.31. The Morgan fingerprint density at radius 3 is 2.56 bits per heavy atom. The van der Waals surface area contributed by atoms with Crippen LogP contribution in [0.4, 0.5) is 5.82 Å². The number of amides is 1. The highest BCUT2D eigenvalue weighted by atomic mass is 16.1. The first-order valence-corrected chi connectivity index (χ1v) is 6.26. The molecule has 0 atom stereocenters. The van der Waals surface area contributed by atoms with Gasteiger partial charge in [0.1, 0.15) is 5.82 Å². The van der Waals surface area contributed by atoms with Crippen LogP contribution in [-0.2, 0) is 0 Å². The summed E-state index contributed by atoms with van der Waals surface area (Å²) in [6, 6.07) is 3.56. The summed E-state index contributed by atoms with van der Waals surface area (Å²) in [5, 5.41) is 5.89. The smallest absolute Gasteiger partial charge is 0.251 e. The molecule has 2 N–H and O–H groups in total. The lowest BCUT2D eigenvalue weighted by atomic mass is 9.92. The van der Waals surface area contributed by atoms with Crippen molar-refractivity contribution in [2.24, 2.45) is 5.41 Å². The molecule has 1 aromatic rings. The molecule has 0 radical (unpaired) electrons. The van der Waals surface area contributed by atoms with Crippen LogP contribution in [-0.4, -0.2) is 24.5 Å². The number of rotatable bonds is 4. The van der Waals surface area contributed by atoms with Crippen molar-refractivity contribution in [1.29, 1.82) is 0 Å². The molecular weight excluding hydrogens is 226 g/mol. The highest BCUT2D eigenvalue weighted by molar-refractivity contribution is 5.94. The molecular formula is C14H23N3O. The minimum Gasteiger partial charge on any atom is -0.373 e. The summed E-state index contributed by atoms with van der Waals surface area (Å²) in [4.78, 5) is 16.2. The zero-order valence-electron chi connectivity index (χ0n) is 11.9. The first-order valence-electron chi connectivity index (χ1n) is 6.26. The van der Waals surface area contributed by atoms with Gasteiger partial charge in [-0.15, -0.1) is 0 Å². The third kappa shape index (κ3) is 4.73. The molecule has 0 fully saturated rings. The zero-order valence-corrected chi connectivity index (χ0v) is 11.9. The van der Waals surface area contributed by atoms with Crippen LogP contribution < -0.4 is 10.6 Å². The Balaban J connectivity index is 2.64. The van der Waals surface area contributed by atoms with Crippen molar-refractivity contribution in [3.63, 3.8) is 0 Å². The largest absolute Gasteiger partial charge is 0.373 e. The average Bonchev–Trinajstić information content (AvgIpc) is 2.26. The molecule has 0 unspecified atom stereocenters. The van der Waals surface area contributed by atoms with Crippen molar-refractivity contribution in [3.8, 4) is 0 Å². The molecule has 0 saturated heterocycles. The molecule has 0 aromatic carbocycles. The fourth-order valence-corrected chi connectivity index (χ4v) is 1.58. The molecule has 0 aliphatic carbocycles. The van der Waals surface area contributed by atoms with Crippen LogP contribution in [0.3, 0.4) is 0 Å². The minimum atomic E-state index is -0.0405. The number of aromatic nitrogens is 1. The van der Waals surface area contributed by atoms with E-state index in [0.29, 0.717) is 12.1 Å². The van der Waals surface area contributed by atoms with Gasteiger partial charge in [-0.05, 0) is 30.9 Å². The van der Waals surface area contributed by atoms with E-state index in [1.807, 2.05) is 6.92 Å². The monoisotopic (exact) mass is 249 g/mol. The van der Waals surface area contributed by atoms with Gasteiger partial charge in [0, 0.05) is 24.8 Å². The van der Waals surface area contributed by atoms with Crippen molar-refractivity contribution in [1.82, 2.24) is 10.3 Å². The lowest BCUT2D eigenvalue weighted by Crippen LogP contribution is -2.27. The Morgan fingerprint density at radius 2 is 2.00 bits per heavy atom. The maximum absolute atomic E-state index is 12.0. The Bertz CT molecular complexity index is 422. The predicted octanol–water partition coefficient (Wildman–Crippen LogP) is 2.60. The van der Waals surface area contributed by atoms with Crippen molar-refractivity contribution in [3.05, 3.63) is 23.4 Å². The molecule has 1 heterocycles. The second-order valence-electron chi connectivity index (χ2n) is 5.70. The Labute approximate surface area is 109 Å². The molecule has 100 valence electrons. The van der Waals surface area contributed by atoms with Gasteiger partial charge in [0.05, 0.1) is 0 Å². The van der Waals surface area contributed by atoms with Gasteiger partial charge < -0.3 is 10.6 Å². The quantitative estimate of drug-likeness (QED) is 0.862.